The van der Waals surface area contributed by atoms with Crippen molar-refractivity contribution in [2.45, 2.75) is 25.7 Å². The Morgan fingerprint density at radius 1 is 1.32 bits per heavy atom. The largest absolute Gasteiger partial charge is 0.381 e. The zero-order valence-corrected chi connectivity index (χ0v) is 14.5. The zero-order valence-electron chi connectivity index (χ0n) is 14.5. The number of nitrogens with one attached hydrogen (secondary N) is 1. The van der Waals surface area contributed by atoms with Crippen LogP contribution in [0, 0.1) is 18.8 Å². The second-order valence-corrected chi connectivity index (χ2v) is 7.25. The van der Waals surface area contributed by atoms with Crippen LogP contribution in [0.2, 0.25) is 0 Å². The quantitative estimate of drug-likeness (QED) is 0.876. The normalized spacial score (nSPS) is 23.2. The molecule has 2 atom stereocenters. The van der Waals surface area contributed by atoms with E-state index in [1.165, 1.54) is 12.8 Å². The molecule has 1 aliphatic heterocycles. The van der Waals surface area contributed by atoms with Gasteiger partial charge in [-0.15, -0.1) is 0 Å². The van der Waals surface area contributed by atoms with Gasteiger partial charge in [0.25, 0.3) is 5.91 Å². The Hall–Kier alpha value is -2.21. The summed E-state index contributed by atoms with van der Waals surface area (Å²) in [4.78, 5) is 19.2. The number of aromatic nitrogens is 3. The van der Waals surface area contributed by atoms with Gasteiger partial charge in [-0.3, -0.25) is 14.9 Å². The van der Waals surface area contributed by atoms with Crippen LogP contribution in [0.5, 0.6) is 0 Å². The van der Waals surface area contributed by atoms with Crippen LogP contribution < -0.4 is 0 Å². The van der Waals surface area contributed by atoms with Crippen LogP contribution in [0.25, 0.3) is 0 Å². The summed E-state index contributed by atoms with van der Waals surface area (Å²) >= 11 is 0. The molecular formula is C19H24N4O2. The minimum atomic E-state index is -0.0185. The average Bonchev–Trinajstić information content (AvgIpc) is 3.19. The zero-order chi connectivity index (χ0) is 17.2. The van der Waals surface area contributed by atoms with Gasteiger partial charge in [-0.2, -0.15) is 5.10 Å². The first kappa shape index (κ1) is 16.3. The first-order chi connectivity index (χ1) is 12.2. The van der Waals surface area contributed by atoms with Crippen LogP contribution in [-0.2, 0) is 4.74 Å². The van der Waals surface area contributed by atoms with Crippen molar-refractivity contribution in [3.05, 3.63) is 47.5 Å². The summed E-state index contributed by atoms with van der Waals surface area (Å²) in [7, 11) is 0. The van der Waals surface area contributed by atoms with Gasteiger partial charge < -0.3 is 9.64 Å². The molecule has 2 aliphatic rings. The number of likely N-dealkylation sites (tertiary alicyclic amines) is 1. The molecule has 2 fully saturated rings. The van der Waals surface area contributed by atoms with Crippen LogP contribution in [0.4, 0.5) is 0 Å². The lowest BCUT2D eigenvalue weighted by molar-refractivity contribution is 0.0734. The Morgan fingerprint density at radius 3 is 2.88 bits per heavy atom. The lowest BCUT2D eigenvalue weighted by Gasteiger charge is -2.17. The van der Waals surface area contributed by atoms with Crippen LogP contribution in [0.3, 0.4) is 0 Å². The number of aromatic amines is 1. The van der Waals surface area contributed by atoms with Gasteiger partial charge in [0.1, 0.15) is 5.69 Å². The molecule has 1 saturated heterocycles. The van der Waals surface area contributed by atoms with E-state index in [-0.39, 0.29) is 17.7 Å². The summed E-state index contributed by atoms with van der Waals surface area (Å²) in [5.74, 6) is 1.22. The maximum atomic E-state index is 12.8. The molecule has 25 heavy (non-hydrogen) atoms. The molecule has 4 rings (SSSR count). The number of H-pyrrole nitrogens is 1. The molecule has 1 amide bonds. The first-order valence-electron chi connectivity index (χ1n) is 9.00. The number of pyridine rings is 1. The maximum absolute atomic E-state index is 12.8. The van der Waals surface area contributed by atoms with E-state index in [9.17, 15) is 4.79 Å². The molecule has 1 aliphatic carbocycles. The summed E-state index contributed by atoms with van der Waals surface area (Å²) in [6.45, 7) is 4.79. The Kier molecular flexibility index (Phi) is 4.53. The molecule has 2 aromatic rings. The second-order valence-electron chi connectivity index (χ2n) is 7.25. The Balaban J connectivity index is 1.47. The van der Waals surface area contributed by atoms with Gasteiger partial charge in [0, 0.05) is 49.1 Å². The minimum absolute atomic E-state index is 0.0185. The van der Waals surface area contributed by atoms with E-state index < -0.39 is 0 Å². The molecule has 0 bridgehead atoms. The summed E-state index contributed by atoms with van der Waals surface area (Å²) in [5, 5.41) is 6.96. The van der Waals surface area contributed by atoms with Crippen molar-refractivity contribution in [3.63, 3.8) is 0 Å². The van der Waals surface area contributed by atoms with Crippen molar-refractivity contribution < 1.29 is 9.53 Å². The summed E-state index contributed by atoms with van der Waals surface area (Å²) < 4.78 is 5.94. The van der Waals surface area contributed by atoms with E-state index in [2.05, 4.69) is 15.2 Å². The number of hydrogen-bond acceptors (Lipinski definition) is 4. The fourth-order valence-corrected chi connectivity index (χ4v) is 3.50. The summed E-state index contributed by atoms with van der Waals surface area (Å²) in [5.41, 5.74) is 2.42. The minimum Gasteiger partial charge on any atom is -0.381 e. The lowest BCUT2D eigenvalue weighted by Crippen LogP contribution is -2.29. The highest BCUT2D eigenvalue weighted by atomic mass is 16.5. The number of hydrogen-bond donors (Lipinski definition) is 1. The smallest absolute Gasteiger partial charge is 0.274 e. The highest BCUT2D eigenvalue weighted by Crippen LogP contribution is 2.34. The van der Waals surface area contributed by atoms with Gasteiger partial charge in [0.2, 0.25) is 0 Å². The number of amides is 1. The number of aryl methyl sites for hydroxylation is 1. The molecule has 2 aromatic heterocycles. The van der Waals surface area contributed by atoms with E-state index in [0.29, 0.717) is 25.4 Å². The van der Waals surface area contributed by atoms with E-state index in [1.807, 2.05) is 36.2 Å². The molecule has 1 saturated carbocycles. The Morgan fingerprint density at radius 2 is 2.20 bits per heavy atom. The second kappa shape index (κ2) is 6.96. The highest BCUT2D eigenvalue weighted by molar-refractivity contribution is 5.92. The monoisotopic (exact) mass is 340 g/mol. The summed E-state index contributed by atoms with van der Waals surface area (Å²) in [6.07, 6.45) is 4.40. The van der Waals surface area contributed by atoms with E-state index in [0.717, 1.165) is 23.9 Å². The molecule has 132 valence electrons. The van der Waals surface area contributed by atoms with Crippen LogP contribution in [0.1, 0.15) is 40.6 Å². The number of carbonyl (C=O) groups is 1. The molecular weight excluding hydrogens is 316 g/mol. The predicted octanol–water partition coefficient (Wildman–Crippen LogP) is 2.40. The van der Waals surface area contributed by atoms with Crippen molar-refractivity contribution in [1.82, 2.24) is 20.1 Å². The predicted molar refractivity (Wildman–Crippen MR) is 93.2 cm³/mol. The highest BCUT2D eigenvalue weighted by Gasteiger charge is 2.38. The fourth-order valence-electron chi connectivity index (χ4n) is 3.50. The first-order valence-corrected chi connectivity index (χ1v) is 9.00. The van der Waals surface area contributed by atoms with Crippen LogP contribution >= 0.6 is 0 Å². The van der Waals surface area contributed by atoms with Gasteiger partial charge in [-0.1, -0.05) is 6.07 Å². The average molecular weight is 340 g/mol. The topological polar surface area (TPSA) is 71.1 Å². The van der Waals surface area contributed by atoms with Crippen molar-refractivity contribution in [2.24, 2.45) is 11.8 Å². The van der Waals surface area contributed by atoms with Crippen molar-refractivity contribution >= 4 is 5.91 Å². The molecule has 3 heterocycles. The molecule has 0 aromatic carbocycles. The maximum Gasteiger partial charge on any atom is 0.274 e. The fraction of sp³-hybridized carbons (Fsp3) is 0.526. The third-order valence-electron chi connectivity index (χ3n) is 5.10. The van der Waals surface area contributed by atoms with E-state index in [4.69, 9.17) is 4.74 Å². The molecule has 6 heteroatoms. The molecule has 6 nitrogen and oxygen atoms in total. The van der Waals surface area contributed by atoms with Gasteiger partial charge >= 0.3 is 0 Å². The molecule has 0 radical (unpaired) electrons. The number of carbonyl (C=O) groups excluding carboxylic acids is 1. The van der Waals surface area contributed by atoms with Gasteiger partial charge in [-0.25, -0.2) is 0 Å². The van der Waals surface area contributed by atoms with E-state index in [1.54, 1.807) is 6.07 Å². The van der Waals surface area contributed by atoms with Crippen LogP contribution in [-0.4, -0.2) is 52.3 Å². The number of nitrogens with zero attached hydrogens (tertiary/aromatic N) is 3. The Labute approximate surface area is 147 Å². The molecule has 0 unspecified atom stereocenters. The Bertz CT molecular complexity index is 726. The van der Waals surface area contributed by atoms with Crippen molar-refractivity contribution in [2.75, 3.05) is 26.3 Å². The number of rotatable bonds is 6. The molecule has 1 N–H and O–H groups in total. The van der Waals surface area contributed by atoms with E-state index >= 15 is 0 Å². The third-order valence-corrected chi connectivity index (χ3v) is 5.10. The third kappa shape index (κ3) is 3.74. The molecule has 0 spiro atoms. The van der Waals surface area contributed by atoms with Crippen molar-refractivity contribution in [1.29, 1.82) is 0 Å². The van der Waals surface area contributed by atoms with Gasteiger partial charge in [0.05, 0.1) is 6.61 Å². The lowest BCUT2D eigenvalue weighted by atomic mass is 9.93. The summed E-state index contributed by atoms with van der Waals surface area (Å²) in [6, 6.07) is 7.78. The standard InChI is InChI=1S/C19H24N4O2/c1-13-8-18(22-21-13)19(24)23-9-15(12-25-11-14-5-6-14)16(10-23)17-4-2-3-7-20-17/h2-4,7-8,14-16H,5-6,9-12H2,1H3,(H,21,22)/t15-,16+/m0/s1. The van der Waals surface area contributed by atoms with Gasteiger partial charge in [0.15, 0.2) is 0 Å². The number of ether oxygens (including phenoxy) is 1. The van der Waals surface area contributed by atoms with Crippen molar-refractivity contribution in [3.8, 4) is 0 Å². The SMILES string of the molecule is Cc1cc(C(=O)N2C[C@@H](COCC3CC3)[C@H](c3ccccn3)C2)n[nH]1. The van der Waals surface area contributed by atoms with Crippen LogP contribution in [0.15, 0.2) is 30.5 Å². The van der Waals surface area contributed by atoms with Gasteiger partial charge in [-0.05, 0) is 43.9 Å².